The number of benzene rings is 1. The molecule has 0 bridgehead atoms. The highest BCUT2D eigenvalue weighted by atomic mass is 32.2. The Labute approximate surface area is 117 Å². The molecular formula is C13H16NO5S. The van der Waals surface area contributed by atoms with Gasteiger partial charge in [0.15, 0.2) is 0 Å². The van der Waals surface area contributed by atoms with Crippen molar-refractivity contribution in [2.75, 3.05) is 5.75 Å². The number of rotatable bonds is 9. The summed E-state index contributed by atoms with van der Waals surface area (Å²) in [5, 5.41) is 8.52. The van der Waals surface area contributed by atoms with Crippen LogP contribution < -0.4 is 4.72 Å². The molecule has 2 N–H and O–H groups in total. The van der Waals surface area contributed by atoms with Crippen LogP contribution in [0, 0.1) is 0 Å². The zero-order chi connectivity index (χ0) is 15.0. The molecule has 0 unspecified atom stereocenters. The summed E-state index contributed by atoms with van der Waals surface area (Å²) in [5.74, 6) is -1.43. The maximum absolute atomic E-state index is 11.7. The van der Waals surface area contributed by atoms with Crippen LogP contribution in [0.3, 0.4) is 0 Å². The van der Waals surface area contributed by atoms with E-state index in [-0.39, 0.29) is 5.75 Å². The van der Waals surface area contributed by atoms with Crippen LogP contribution in [0.25, 0.3) is 0 Å². The van der Waals surface area contributed by atoms with Gasteiger partial charge in [0.1, 0.15) is 0 Å². The van der Waals surface area contributed by atoms with E-state index in [1.807, 2.05) is 35.1 Å². The predicted molar refractivity (Wildman–Crippen MR) is 73.4 cm³/mol. The minimum atomic E-state index is -3.68. The third-order valence-corrected chi connectivity index (χ3v) is 4.03. The molecule has 0 spiro atoms. The SMILES string of the molecule is O=[C][C@H](CC(=O)O)NS(=O)(=O)CCCc1ccccc1. The van der Waals surface area contributed by atoms with Gasteiger partial charge in [-0.1, -0.05) is 30.3 Å². The molecule has 0 heterocycles. The Morgan fingerprint density at radius 3 is 2.50 bits per heavy atom. The van der Waals surface area contributed by atoms with Gasteiger partial charge in [0.05, 0.1) is 18.2 Å². The number of carbonyl (C=O) groups is 1. The number of carboxylic acid groups (broad SMARTS) is 1. The Morgan fingerprint density at radius 1 is 1.30 bits per heavy atom. The van der Waals surface area contributed by atoms with Gasteiger partial charge in [-0.25, -0.2) is 13.1 Å². The number of carbonyl (C=O) groups excluding carboxylic acids is 1. The van der Waals surface area contributed by atoms with Crippen LogP contribution in [-0.2, 0) is 26.0 Å². The van der Waals surface area contributed by atoms with Crippen molar-refractivity contribution in [3.8, 4) is 0 Å². The van der Waals surface area contributed by atoms with E-state index in [4.69, 9.17) is 5.11 Å². The van der Waals surface area contributed by atoms with Gasteiger partial charge < -0.3 is 5.11 Å². The molecule has 0 aliphatic heterocycles. The van der Waals surface area contributed by atoms with Gasteiger partial charge in [-0.15, -0.1) is 0 Å². The minimum Gasteiger partial charge on any atom is -0.481 e. The van der Waals surface area contributed by atoms with E-state index >= 15 is 0 Å². The Kier molecular flexibility index (Phi) is 6.33. The number of nitrogens with one attached hydrogen (secondary N) is 1. The number of carboxylic acids is 1. The summed E-state index contributed by atoms with van der Waals surface area (Å²) in [7, 11) is -3.68. The lowest BCUT2D eigenvalue weighted by Crippen LogP contribution is -2.38. The zero-order valence-electron chi connectivity index (χ0n) is 10.8. The standard InChI is InChI=1S/C13H16NO5S/c15-10-12(9-13(16)17)14-20(18,19)8-4-7-11-5-2-1-3-6-11/h1-3,5-6,12,14H,4,7-9H2,(H,16,17)/t12-/m0/s1. The molecule has 1 aromatic carbocycles. The maximum Gasteiger partial charge on any atom is 0.305 e. The van der Waals surface area contributed by atoms with Gasteiger partial charge >= 0.3 is 5.97 Å². The van der Waals surface area contributed by atoms with E-state index in [0.29, 0.717) is 12.8 Å². The summed E-state index contributed by atoms with van der Waals surface area (Å²) in [5.41, 5.74) is 1.02. The second-order valence-corrected chi connectivity index (χ2v) is 6.17. The molecule has 0 amide bonds. The van der Waals surface area contributed by atoms with Crippen molar-refractivity contribution in [1.82, 2.24) is 4.72 Å². The highest BCUT2D eigenvalue weighted by molar-refractivity contribution is 7.89. The minimum absolute atomic E-state index is 0.167. The summed E-state index contributed by atoms with van der Waals surface area (Å²) >= 11 is 0. The molecule has 0 aromatic heterocycles. The fraction of sp³-hybridized carbons (Fsp3) is 0.385. The normalized spacial score (nSPS) is 12.8. The lowest BCUT2D eigenvalue weighted by atomic mass is 10.1. The summed E-state index contributed by atoms with van der Waals surface area (Å²) in [6.45, 7) is 0. The second kappa shape index (κ2) is 7.76. The molecular weight excluding hydrogens is 282 g/mol. The first-order chi connectivity index (χ1) is 9.43. The van der Waals surface area contributed by atoms with Crippen molar-refractivity contribution in [3.63, 3.8) is 0 Å². The van der Waals surface area contributed by atoms with Gasteiger partial charge in [-0.3, -0.25) is 9.59 Å². The highest BCUT2D eigenvalue weighted by Gasteiger charge is 2.20. The Balaban J connectivity index is 2.45. The molecule has 109 valence electrons. The highest BCUT2D eigenvalue weighted by Crippen LogP contribution is 2.04. The lowest BCUT2D eigenvalue weighted by Gasteiger charge is -2.10. The van der Waals surface area contributed by atoms with Gasteiger partial charge in [-0.05, 0) is 18.4 Å². The molecule has 1 atom stereocenters. The van der Waals surface area contributed by atoms with Crippen LogP contribution >= 0.6 is 0 Å². The average molecular weight is 298 g/mol. The van der Waals surface area contributed by atoms with E-state index in [9.17, 15) is 18.0 Å². The number of hydrogen-bond donors (Lipinski definition) is 2. The van der Waals surface area contributed by atoms with Crippen LogP contribution in [0.5, 0.6) is 0 Å². The summed E-state index contributed by atoms with van der Waals surface area (Å²) in [6, 6.07) is 8.06. The predicted octanol–water partition coefficient (Wildman–Crippen LogP) is 0.492. The fourth-order valence-corrected chi connectivity index (χ4v) is 2.88. The van der Waals surface area contributed by atoms with Crippen molar-refractivity contribution >= 4 is 22.3 Å². The second-order valence-electron chi connectivity index (χ2n) is 4.29. The van der Waals surface area contributed by atoms with E-state index in [1.54, 1.807) is 0 Å². The van der Waals surface area contributed by atoms with E-state index in [0.717, 1.165) is 5.56 Å². The Morgan fingerprint density at radius 2 is 1.95 bits per heavy atom. The van der Waals surface area contributed by atoms with Gasteiger partial charge in [0.2, 0.25) is 16.3 Å². The first-order valence-corrected chi connectivity index (χ1v) is 7.71. The molecule has 1 radical (unpaired) electrons. The van der Waals surface area contributed by atoms with Crippen molar-refractivity contribution in [2.45, 2.75) is 25.3 Å². The van der Waals surface area contributed by atoms with Crippen molar-refractivity contribution in [1.29, 1.82) is 0 Å². The van der Waals surface area contributed by atoms with Crippen LogP contribution in [-0.4, -0.2) is 37.6 Å². The molecule has 20 heavy (non-hydrogen) atoms. The molecule has 0 aliphatic carbocycles. The third-order valence-electron chi connectivity index (χ3n) is 2.56. The van der Waals surface area contributed by atoms with Crippen molar-refractivity contribution < 1.29 is 23.1 Å². The van der Waals surface area contributed by atoms with Gasteiger partial charge in [0.25, 0.3) is 0 Å². The largest absolute Gasteiger partial charge is 0.481 e. The lowest BCUT2D eigenvalue weighted by molar-refractivity contribution is -0.137. The van der Waals surface area contributed by atoms with Crippen LogP contribution in [0.15, 0.2) is 30.3 Å². The molecule has 0 saturated carbocycles. The molecule has 1 rings (SSSR count). The fourth-order valence-electron chi connectivity index (χ4n) is 1.67. The molecule has 7 heteroatoms. The summed E-state index contributed by atoms with van der Waals surface area (Å²) < 4.78 is 25.4. The van der Waals surface area contributed by atoms with E-state index in [1.165, 1.54) is 6.29 Å². The molecule has 6 nitrogen and oxygen atoms in total. The van der Waals surface area contributed by atoms with Crippen molar-refractivity contribution in [3.05, 3.63) is 35.9 Å². The van der Waals surface area contributed by atoms with Crippen LogP contribution in [0.4, 0.5) is 0 Å². The third kappa shape index (κ3) is 6.44. The molecule has 0 aliphatic rings. The van der Waals surface area contributed by atoms with E-state index in [2.05, 4.69) is 0 Å². The Hall–Kier alpha value is -1.73. The molecule has 1 aromatic rings. The van der Waals surface area contributed by atoms with Crippen molar-refractivity contribution in [2.24, 2.45) is 0 Å². The topological polar surface area (TPSA) is 101 Å². The average Bonchev–Trinajstić information content (AvgIpc) is 2.38. The zero-order valence-corrected chi connectivity index (χ0v) is 11.6. The summed E-state index contributed by atoms with van der Waals surface area (Å²) in [4.78, 5) is 20.9. The number of hydrogen-bond acceptors (Lipinski definition) is 4. The molecule has 0 saturated heterocycles. The quantitative estimate of drug-likeness (QED) is 0.691. The number of aliphatic carboxylic acids is 1. The molecule has 0 fully saturated rings. The van der Waals surface area contributed by atoms with Gasteiger partial charge in [0, 0.05) is 0 Å². The summed E-state index contributed by atoms with van der Waals surface area (Å²) in [6.07, 6.45) is 1.75. The monoisotopic (exact) mass is 298 g/mol. The maximum atomic E-state index is 11.7. The Bertz CT molecular complexity index is 541. The number of aryl methyl sites for hydroxylation is 1. The first kappa shape index (κ1) is 16.3. The van der Waals surface area contributed by atoms with Crippen LogP contribution in [0.1, 0.15) is 18.4 Å². The van der Waals surface area contributed by atoms with Crippen LogP contribution in [0.2, 0.25) is 0 Å². The van der Waals surface area contributed by atoms with E-state index < -0.39 is 28.5 Å². The smallest absolute Gasteiger partial charge is 0.305 e. The number of sulfonamides is 1. The van der Waals surface area contributed by atoms with Gasteiger partial charge in [-0.2, -0.15) is 0 Å². The first-order valence-electron chi connectivity index (χ1n) is 6.06.